The van der Waals surface area contributed by atoms with E-state index in [4.69, 9.17) is 28.0 Å². The maximum Gasteiger partial charge on any atom is 0.320 e. The van der Waals surface area contributed by atoms with Crippen molar-refractivity contribution >= 4 is 47.8 Å². The van der Waals surface area contributed by atoms with Crippen molar-refractivity contribution < 1.29 is 48.9 Å². The quantitative estimate of drug-likeness (QED) is 0.0208. The average molecular weight is 932 g/mol. The molecule has 0 aliphatic carbocycles. The van der Waals surface area contributed by atoms with Gasteiger partial charge in [0.1, 0.15) is 36.2 Å². The second-order valence-electron chi connectivity index (χ2n) is 16.9. The molecular weight excluding hydrogens is 855 g/mol. The maximum atomic E-state index is 14.0. The highest BCUT2D eigenvalue weighted by molar-refractivity contribution is 5.95. The molecule has 0 saturated carbocycles. The number of likely N-dealkylation sites (N-methyl/N-ethyl adjacent to an activating group) is 1. The molecule has 7 atom stereocenters. The van der Waals surface area contributed by atoms with Gasteiger partial charge in [0.15, 0.2) is 5.96 Å². The maximum absolute atomic E-state index is 14.0. The SMILES string of the molecule is CCNC(Cc1ccc(O)cc1)C(=O)NCCCCCC(=O)NC(C(=O)NC(CCCCCCN)C(=O)N1CCCC1C(=O)N1CCCC1C=O)C(C)O.NC(N)=NCCC[C@@H](N)C(=O)O. The summed E-state index contributed by atoms with van der Waals surface area (Å²) in [5.41, 5.74) is 21.9. The Labute approximate surface area is 388 Å². The summed E-state index contributed by atoms with van der Waals surface area (Å²) < 4.78 is 0. The molecule has 0 radical (unpaired) electrons. The van der Waals surface area contributed by atoms with Crippen molar-refractivity contribution in [3.63, 3.8) is 0 Å². The minimum atomic E-state index is -1.30. The Morgan fingerprint density at radius 2 is 1.53 bits per heavy atom. The number of aliphatic imine (C=N–C) groups is 1. The van der Waals surface area contributed by atoms with Crippen LogP contribution in [0.25, 0.3) is 0 Å². The van der Waals surface area contributed by atoms with Gasteiger partial charge in [-0.05, 0) is 108 Å². The van der Waals surface area contributed by atoms with Crippen LogP contribution >= 0.6 is 0 Å². The van der Waals surface area contributed by atoms with Crippen LogP contribution in [0.4, 0.5) is 0 Å². The lowest BCUT2D eigenvalue weighted by Crippen LogP contribution is -2.59. The van der Waals surface area contributed by atoms with Crippen LogP contribution < -0.4 is 44.2 Å². The second kappa shape index (κ2) is 31.5. The zero-order valence-corrected chi connectivity index (χ0v) is 38.8. The van der Waals surface area contributed by atoms with Gasteiger partial charge in [-0.1, -0.05) is 44.7 Å². The van der Waals surface area contributed by atoms with Crippen molar-refractivity contribution in [1.29, 1.82) is 0 Å². The topological polar surface area (TPSA) is 351 Å². The van der Waals surface area contributed by atoms with Gasteiger partial charge in [0.05, 0.1) is 18.2 Å². The first kappa shape index (κ1) is 56.7. The number of nitrogens with zero attached hydrogens (tertiary/aromatic N) is 3. The molecule has 2 saturated heterocycles. The number of carbonyl (C=O) groups excluding carboxylic acids is 6. The van der Waals surface area contributed by atoms with Gasteiger partial charge >= 0.3 is 5.97 Å². The predicted octanol–water partition coefficient (Wildman–Crippen LogP) is -0.518. The molecule has 0 bridgehead atoms. The van der Waals surface area contributed by atoms with Crippen molar-refractivity contribution in [3.05, 3.63) is 29.8 Å². The highest BCUT2D eigenvalue weighted by Crippen LogP contribution is 2.25. The summed E-state index contributed by atoms with van der Waals surface area (Å²) in [6, 6.07) is 2.02. The lowest BCUT2D eigenvalue weighted by Gasteiger charge is -2.33. The number of benzene rings is 1. The molecule has 2 fully saturated rings. The Hall–Kier alpha value is -5.38. The van der Waals surface area contributed by atoms with Gasteiger partial charge in [0, 0.05) is 32.6 Å². The molecule has 2 aliphatic rings. The number of phenolic OH excluding ortho intramolecular Hbond substituents is 1. The van der Waals surface area contributed by atoms with E-state index in [2.05, 4.69) is 26.3 Å². The molecule has 21 heteroatoms. The monoisotopic (exact) mass is 932 g/mol. The molecule has 21 nitrogen and oxygen atoms in total. The van der Waals surface area contributed by atoms with Gasteiger partial charge in [0.25, 0.3) is 0 Å². The molecule has 15 N–H and O–H groups in total. The number of rotatable bonds is 29. The molecule has 3 rings (SSSR count). The first-order valence-corrected chi connectivity index (χ1v) is 23.4. The highest BCUT2D eigenvalue weighted by atomic mass is 16.4. The van der Waals surface area contributed by atoms with Crippen molar-refractivity contribution in [2.24, 2.45) is 27.9 Å². The fourth-order valence-electron chi connectivity index (χ4n) is 7.84. The number of carboxylic acid groups (broad SMARTS) is 1. The molecule has 5 amide bonds. The van der Waals surface area contributed by atoms with E-state index in [-0.39, 0.29) is 35.9 Å². The standard InChI is InChI=1S/C39H63N7O8.C6H14N4O2/c1-3-41-32(25-28-17-19-30(49)20-18-28)36(51)42-22-10-6-8-16-34(50)44-35(27(2)48)37(52)43-31(14-7-4-5-9-21-40)38(53)46-24-12-15-33(46)39(54)45-23-11-13-29(45)26-47;7-4(5(11)12)2-1-3-10-6(8)9/h17-20,26-27,29,31-33,35,41,48-49H,3-16,21-25,40H2,1-2H3,(H,42,51)(H,43,52)(H,44,50);4H,1-3,7H2,(H,11,12)(H4,8,9,10)/t;4-/m.1/s1. The number of carboxylic acids is 1. The molecule has 2 heterocycles. The number of aldehydes is 1. The summed E-state index contributed by atoms with van der Waals surface area (Å²) in [4.78, 5) is 95.3. The Morgan fingerprint density at radius 3 is 2.17 bits per heavy atom. The zero-order chi connectivity index (χ0) is 49.0. The third kappa shape index (κ3) is 20.8. The third-order valence-electron chi connectivity index (χ3n) is 11.5. The van der Waals surface area contributed by atoms with E-state index < -0.39 is 60.1 Å². The number of nitrogens with one attached hydrogen (secondary N) is 4. The number of likely N-dealkylation sites (tertiary alicyclic amines) is 2. The largest absolute Gasteiger partial charge is 0.508 e. The van der Waals surface area contributed by atoms with Gasteiger partial charge in [0.2, 0.25) is 29.5 Å². The number of hydrogen-bond acceptors (Lipinski definition) is 13. The van der Waals surface area contributed by atoms with E-state index in [1.807, 2.05) is 6.92 Å². The van der Waals surface area contributed by atoms with Gasteiger partial charge in [-0.25, -0.2) is 0 Å². The fourth-order valence-corrected chi connectivity index (χ4v) is 7.84. The number of aromatic hydroxyl groups is 1. The highest BCUT2D eigenvalue weighted by Gasteiger charge is 2.42. The number of nitrogens with two attached hydrogens (primary N) is 4. The van der Waals surface area contributed by atoms with Crippen LogP contribution in [0.15, 0.2) is 29.3 Å². The van der Waals surface area contributed by atoms with Crippen LogP contribution in [0.3, 0.4) is 0 Å². The average Bonchev–Trinajstić information content (AvgIpc) is 3.98. The van der Waals surface area contributed by atoms with E-state index >= 15 is 0 Å². The van der Waals surface area contributed by atoms with Crippen molar-refractivity contribution in [3.8, 4) is 5.75 Å². The van der Waals surface area contributed by atoms with E-state index in [0.717, 1.165) is 37.5 Å². The summed E-state index contributed by atoms with van der Waals surface area (Å²) in [5.74, 6) is -2.71. The van der Waals surface area contributed by atoms with Crippen LogP contribution in [-0.4, -0.2) is 154 Å². The Kier molecular flexibility index (Phi) is 27.1. The van der Waals surface area contributed by atoms with Crippen molar-refractivity contribution in [2.75, 3.05) is 39.3 Å². The number of carbonyl (C=O) groups is 7. The summed E-state index contributed by atoms with van der Waals surface area (Å²) in [7, 11) is 0. The molecular formula is C45H77N11O10. The zero-order valence-electron chi connectivity index (χ0n) is 38.8. The molecule has 6 unspecified atom stereocenters. The summed E-state index contributed by atoms with van der Waals surface area (Å²) >= 11 is 0. The summed E-state index contributed by atoms with van der Waals surface area (Å²) in [6.45, 7) is 6.16. The molecule has 66 heavy (non-hydrogen) atoms. The summed E-state index contributed by atoms with van der Waals surface area (Å²) in [5, 5.41) is 40.0. The van der Waals surface area contributed by atoms with Crippen LogP contribution in [-0.2, 0) is 40.0 Å². The fraction of sp³-hybridized carbons (Fsp3) is 0.689. The van der Waals surface area contributed by atoms with Gasteiger partial charge in [-0.3, -0.25) is 33.8 Å². The second-order valence-corrected chi connectivity index (χ2v) is 16.9. The summed E-state index contributed by atoms with van der Waals surface area (Å²) in [6.07, 6.45) is 8.72. The smallest absolute Gasteiger partial charge is 0.320 e. The first-order valence-electron chi connectivity index (χ1n) is 23.4. The molecule has 2 aliphatic heterocycles. The van der Waals surface area contributed by atoms with Gasteiger partial charge in [-0.2, -0.15) is 0 Å². The van der Waals surface area contributed by atoms with Crippen molar-refractivity contribution in [2.45, 2.75) is 159 Å². The van der Waals surface area contributed by atoms with Crippen LogP contribution in [0.5, 0.6) is 5.75 Å². The third-order valence-corrected chi connectivity index (χ3v) is 11.5. The number of hydrogen-bond donors (Lipinski definition) is 11. The number of unbranched alkanes of at least 4 members (excludes halogenated alkanes) is 5. The number of guanidine groups is 1. The lowest BCUT2D eigenvalue weighted by molar-refractivity contribution is -0.147. The predicted molar refractivity (Wildman–Crippen MR) is 249 cm³/mol. The minimum Gasteiger partial charge on any atom is -0.508 e. The van der Waals surface area contributed by atoms with Crippen molar-refractivity contribution in [1.82, 2.24) is 31.1 Å². The Bertz CT molecular complexity index is 1700. The Balaban J connectivity index is 0.00000109. The molecule has 372 valence electrons. The molecule has 0 aromatic heterocycles. The molecule has 1 aromatic rings. The lowest BCUT2D eigenvalue weighted by atomic mass is 10.0. The molecule has 1 aromatic carbocycles. The number of aliphatic hydroxyl groups excluding tert-OH is 1. The minimum absolute atomic E-state index is 0.0129. The van der Waals surface area contributed by atoms with Crippen LogP contribution in [0, 0.1) is 0 Å². The molecule has 0 spiro atoms. The number of phenols is 1. The number of aliphatic carboxylic acids is 1. The van der Waals surface area contributed by atoms with E-state index in [1.165, 1.54) is 11.8 Å². The van der Waals surface area contributed by atoms with Gasteiger partial charge < -0.3 is 74.1 Å². The number of amides is 5. The Morgan fingerprint density at radius 1 is 0.864 bits per heavy atom. The van der Waals surface area contributed by atoms with E-state index in [1.54, 1.807) is 29.2 Å². The van der Waals surface area contributed by atoms with E-state index in [0.29, 0.717) is 110 Å². The van der Waals surface area contributed by atoms with E-state index in [9.17, 15) is 43.8 Å². The van der Waals surface area contributed by atoms with Crippen LogP contribution in [0.1, 0.15) is 116 Å². The first-order chi connectivity index (χ1) is 31.5. The normalized spacial score (nSPS) is 17.8. The van der Waals surface area contributed by atoms with Crippen LogP contribution in [0.2, 0.25) is 0 Å². The number of aliphatic hydroxyl groups is 1. The van der Waals surface area contributed by atoms with Gasteiger partial charge in [-0.15, -0.1) is 0 Å².